The lowest BCUT2D eigenvalue weighted by molar-refractivity contribution is 0.415. The zero-order valence-electron chi connectivity index (χ0n) is 10.2. The average Bonchev–Trinajstić information content (AvgIpc) is 2.90. The normalized spacial score (nSPS) is 11.0. The van der Waals surface area contributed by atoms with Crippen LogP contribution in [0, 0.1) is 6.92 Å². The van der Waals surface area contributed by atoms with Gasteiger partial charge in [0.2, 0.25) is 0 Å². The molecule has 1 aromatic carbocycles. The van der Waals surface area contributed by atoms with Crippen LogP contribution in [0.25, 0.3) is 22.2 Å². The first-order valence-electron chi connectivity index (χ1n) is 5.66. The van der Waals surface area contributed by atoms with Gasteiger partial charge in [-0.1, -0.05) is 0 Å². The number of nitrogens with zero attached hydrogens (tertiary/aromatic N) is 1. The molecule has 2 heterocycles. The van der Waals surface area contributed by atoms with Gasteiger partial charge in [0.15, 0.2) is 0 Å². The molecule has 3 aromatic rings. The number of anilines is 1. The van der Waals surface area contributed by atoms with Crippen LogP contribution in [-0.4, -0.2) is 22.3 Å². The number of nitrogens with two attached hydrogens (primary N) is 1. The second-order valence-electron chi connectivity index (χ2n) is 4.24. The van der Waals surface area contributed by atoms with E-state index in [-0.39, 0.29) is 0 Å². The Kier molecular flexibility index (Phi) is 2.26. The molecule has 5 nitrogen and oxygen atoms in total. The monoisotopic (exact) mass is 242 g/mol. The van der Waals surface area contributed by atoms with E-state index in [2.05, 4.69) is 15.2 Å². The Labute approximate surface area is 104 Å². The third-order valence-corrected chi connectivity index (χ3v) is 3.11. The number of aryl methyl sites for hydroxylation is 1. The number of benzene rings is 1. The van der Waals surface area contributed by atoms with Crippen molar-refractivity contribution in [3.05, 3.63) is 30.1 Å². The molecule has 4 N–H and O–H groups in total. The van der Waals surface area contributed by atoms with Gasteiger partial charge in [-0.15, -0.1) is 0 Å². The molecule has 0 spiro atoms. The van der Waals surface area contributed by atoms with E-state index in [1.165, 1.54) is 0 Å². The summed E-state index contributed by atoms with van der Waals surface area (Å²) in [6, 6.07) is 5.92. The van der Waals surface area contributed by atoms with E-state index in [1.807, 2.05) is 25.1 Å². The smallest absolute Gasteiger partial charge is 0.119 e. The Balaban J connectivity index is 2.34. The van der Waals surface area contributed by atoms with Gasteiger partial charge in [-0.25, -0.2) is 0 Å². The molecule has 92 valence electrons. The summed E-state index contributed by atoms with van der Waals surface area (Å²) in [5.41, 5.74) is 10.5. The van der Waals surface area contributed by atoms with Crippen LogP contribution in [0.3, 0.4) is 0 Å². The van der Waals surface area contributed by atoms with Crippen LogP contribution in [-0.2, 0) is 0 Å². The second kappa shape index (κ2) is 3.80. The van der Waals surface area contributed by atoms with Crippen molar-refractivity contribution < 1.29 is 4.74 Å². The number of hydrogen-bond acceptors (Lipinski definition) is 3. The second-order valence-corrected chi connectivity index (χ2v) is 4.24. The molecule has 0 radical (unpaired) electrons. The summed E-state index contributed by atoms with van der Waals surface area (Å²) in [5.74, 6) is 0.820. The number of ether oxygens (including phenoxy) is 1. The summed E-state index contributed by atoms with van der Waals surface area (Å²) in [5, 5.41) is 7.99. The number of methoxy groups -OCH3 is 1. The molecule has 0 bridgehead atoms. The third-order valence-electron chi connectivity index (χ3n) is 3.11. The number of hydrogen-bond donors (Lipinski definition) is 3. The van der Waals surface area contributed by atoms with Gasteiger partial charge < -0.3 is 15.5 Å². The minimum absolute atomic E-state index is 0.641. The molecule has 2 aromatic heterocycles. The van der Waals surface area contributed by atoms with Crippen LogP contribution in [0.1, 0.15) is 5.69 Å². The highest BCUT2D eigenvalue weighted by molar-refractivity contribution is 5.99. The van der Waals surface area contributed by atoms with Gasteiger partial charge in [-0.05, 0) is 25.1 Å². The van der Waals surface area contributed by atoms with Crippen LogP contribution in [0.5, 0.6) is 5.75 Å². The number of aromatic amines is 2. The number of fused-ring (bicyclic) bond motifs is 1. The van der Waals surface area contributed by atoms with Crippen LogP contribution >= 0.6 is 0 Å². The number of nitrogens with one attached hydrogen (secondary N) is 2. The van der Waals surface area contributed by atoms with E-state index in [1.54, 1.807) is 13.3 Å². The van der Waals surface area contributed by atoms with Crippen molar-refractivity contribution in [1.82, 2.24) is 15.2 Å². The van der Waals surface area contributed by atoms with E-state index < -0.39 is 0 Å². The lowest BCUT2D eigenvalue weighted by Crippen LogP contribution is -1.88. The zero-order chi connectivity index (χ0) is 12.7. The number of nitrogen functional groups attached to an aromatic ring is 1. The van der Waals surface area contributed by atoms with Gasteiger partial charge in [0.25, 0.3) is 0 Å². The molecule has 0 amide bonds. The maximum absolute atomic E-state index is 5.92. The van der Waals surface area contributed by atoms with Gasteiger partial charge in [0.1, 0.15) is 5.75 Å². The SMILES string of the molecule is COc1ccc2[nH]c(C)c(-c3[nH]ncc3N)c2c1. The van der Waals surface area contributed by atoms with Gasteiger partial charge in [0, 0.05) is 22.2 Å². The Morgan fingerprint density at radius 3 is 2.83 bits per heavy atom. The van der Waals surface area contributed by atoms with Crippen LogP contribution in [0.15, 0.2) is 24.4 Å². The number of H-pyrrole nitrogens is 2. The summed E-state index contributed by atoms with van der Waals surface area (Å²) in [4.78, 5) is 3.33. The minimum atomic E-state index is 0.641. The molecule has 0 saturated carbocycles. The van der Waals surface area contributed by atoms with E-state index in [0.29, 0.717) is 5.69 Å². The molecule has 0 aliphatic heterocycles. The van der Waals surface area contributed by atoms with Crippen molar-refractivity contribution in [3.63, 3.8) is 0 Å². The van der Waals surface area contributed by atoms with Crippen molar-refractivity contribution in [1.29, 1.82) is 0 Å². The lowest BCUT2D eigenvalue weighted by atomic mass is 10.1. The number of rotatable bonds is 2. The first-order chi connectivity index (χ1) is 8.70. The molecule has 0 aliphatic rings. The summed E-state index contributed by atoms with van der Waals surface area (Å²) < 4.78 is 5.26. The molecule has 18 heavy (non-hydrogen) atoms. The quantitative estimate of drug-likeness (QED) is 0.645. The fraction of sp³-hybridized carbons (Fsp3) is 0.154. The molecular weight excluding hydrogens is 228 g/mol. The summed E-state index contributed by atoms with van der Waals surface area (Å²) in [6.07, 6.45) is 1.62. The fourth-order valence-corrected chi connectivity index (χ4v) is 2.25. The lowest BCUT2D eigenvalue weighted by Gasteiger charge is -2.02. The molecule has 0 atom stereocenters. The molecule has 0 fully saturated rings. The van der Waals surface area contributed by atoms with Gasteiger partial charge >= 0.3 is 0 Å². The van der Waals surface area contributed by atoms with E-state index in [0.717, 1.165) is 33.6 Å². The van der Waals surface area contributed by atoms with E-state index in [4.69, 9.17) is 10.5 Å². The van der Waals surface area contributed by atoms with Crippen molar-refractivity contribution in [2.75, 3.05) is 12.8 Å². The highest BCUT2D eigenvalue weighted by Gasteiger charge is 2.14. The minimum Gasteiger partial charge on any atom is -0.497 e. The van der Waals surface area contributed by atoms with E-state index >= 15 is 0 Å². The van der Waals surface area contributed by atoms with Gasteiger partial charge in [-0.3, -0.25) is 5.10 Å². The molecule has 5 heteroatoms. The first kappa shape index (κ1) is 10.7. The van der Waals surface area contributed by atoms with Crippen LogP contribution in [0.2, 0.25) is 0 Å². The summed E-state index contributed by atoms with van der Waals surface area (Å²) in [6.45, 7) is 2.02. The molecule has 0 aliphatic carbocycles. The van der Waals surface area contributed by atoms with Gasteiger partial charge in [0.05, 0.1) is 24.7 Å². The van der Waals surface area contributed by atoms with Gasteiger partial charge in [-0.2, -0.15) is 5.10 Å². The average molecular weight is 242 g/mol. The number of aromatic nitrogens is 3. The summed E-state index contributed by atoms with van der Waals surface area (Å²) >= 11 is 0. The summed E-state index contributed by atoms with van der Waals surface area (Å²) in [7, 11) is 1.66. The predicted molar refractivity (Wildman–Crippen MR) is 71.6 cm³/mol. The van der Waals surface area contributed by atoms with Crippen LogP contribution < -0.4 is 10.5 Å². The Bertz CT molecular complexity index is 711. The van der Waals surface area contributed by atoms with Crippen LogP contribution in [0.4, 0.5) is 5.69 Å². The topological polar surface area (TPSA) is 79.7 Å². The maximum Gasteiger partial charge on any atom is 0.119 e. The molecule has 3 rings (SSSR count). The predicted octanol–water partition coefficient (Wildman–Crippen LogP) is 2.46. The fourth-order valence-electron chi connectivity index (χ4n) is 2.25. The van der Waals surface area contributed by atoms with Crippen molar-refractivity contribution >= 4 is 16.6 Å². The molecule has 0 unspecified atom stereocenters. The maximum atomic E-state index is 5.92. The largest absolute Gasteiger partial charge is 0.497 e. The Hall–Kier alpha value is -2.43. The van der Waals surface area contributed by atoms with E-state index in [9.17, 15) is 0 Å². The molecule has 0 saturated heterocycles. The highest BCUT2D eigenvalue weighted by atomic mass is 16.5. The third kappa shape index (κ3) is 1.44. The standard InChI is InChI=1S/C13H14N4O/c1-7-12(13-10(14)6-15-17-13)9-5-8(18-2)3-4-11(9)16-7/h3-6,16H,14H2,1-2H3,(H,15,17). The van der Waals surface area contributed by atoms with Crippen molar-refractivity contribution in [2.45, 2.75) is 6.92 Å². The first-order valence-corrected chi connectivity index (χ1v) is 5.66. The molecular formula is C13H14N4O. The Morgan fingerprint density at radius 2 is 2.17 bits per heavy atom. The Morgan fingerprint density at radius 1 is 1.33 bits per heavy atom. The zero-order valence-corrected chi connectivity index (χ0v) is 10.2. The van der Waals surface area contributed by atoms with Crippen molar-refractivity contribution in [2.24, 2.45) is 0 Å². The van der Waals surface area contributed by atoms with Crippen molar-refractivity contribution in [3.8, 4) is 17.0 Å². The highest BCUT2D eigenvalue weighted by Crippen LogP contribution is 2.35.